The minimum Gasteiger partial charge on any atom is -0.359 e. The third kappa shape index (κ3) is 6.50. The van der Waals surface area contributed by atoms with Gasteiger partial charge in [-0.15, -0.1) is 0 Å². The normalized spacial score (nSPS) is 15.7. The van der Waals surface area contributed by atoms with Gasteiger partial charge >= 0.3 is 0 Å². The quantitative estimate of drug-likeness (QED) is 0.297. The van der Waals surface area contributed by atoms with E-state index in [2.05, 4.69) is 66.9 Å². The fraction of sp³-hybridized carbons (Fsp3) is 0.550. The topological polar surface area (TPSA) is 15.6 Å². The van der Waals surface area contributed by atoms with Gasteiger partial charge in [0.25, 0.3) is 0 Å². The first-order valence-electron chi connectivity index (χ1n) is 8.79. The Balaban J connectivity index is 0.00000232. The fourth-order valence-electron chi connectivity index (χ4n) is 2.36. The molecule has 0 aromatic rings. The highest BCUT2D eigenvalue weighted by Crippen LogP contribution is 2.28. The molecule has 1 aliphatic carbocycles. The van der Waals surface area contributed by atoms with Crippen LogP contribution < -0.4 is 0 Å². The van der Waals surface area contributed by atoms with Crippen molar-refractivity contribution in [3.8, 4) is 0 Å². The average Bonchev–Trinajstić information content (AvgIpc) is 2.81. The molecule has 23 heavy (non-hydrogen) atoms. The van der Waals surface area contributed by atoms with Gasteiger partial charge in [-0.3, -0.25) is 0 Å². The SMILES string of the molecule is C/C=C(Br)/N=C(/C1=C(CC)C=CCC=C1CC)N(C)CC.CC. The van der Waals surface area contributed by atoms with E-state index in [4.69, 9.17) is 4.99 Å². The van der Waals surface area contributed by atoms with Crippen molar-refractivity contribution in [1.82, 2.24) is 4.90 Å². The average molecular weight is 381 g/mol. The molecular weight excluding hydrogens is 348 g/mol. The number of nitrogens with zero attached hydrogens (tertiary/aromatic N) is 2. The summed E-state index contributed by atoms with van der Waals surface area (Å²) in [5.41, 5.74) is 4.07. The van der Waals surface area contributed by atoms with E-state index in [1.54, 1.807) is 0 Å². The Morgan fingerprint density at radius 1 is 1.26 bits per heavy atom. The molecule has 1 rings (SSSR count). The van der Waals surface area contributed by atoms with Gasteiger partial charge in [0.05, 0.1) is 0 Å². The summed E-state index contributed by atoms with van der Waals surface area (Å²) in [6.07, 6.45) is 11.9. The Morgan fingerprint density at radius 3 is 2.39 bits per heavy atom. The van der Waals surface area contributed by atoms with Crippen LogP contribution in [0, 0.1) is 0 Å². The van der Waals surface area contributed by atoms with Crippen LogP contribution in [-0.4, -0.2) is 24.3 Å². The molecule has 2 nitrogen and oxygen atoms in total. The molecule has 0 saturated heterocycles. The van der Waals surface area contributed by atoms with Crippen molar-refractivity contribution in [1.29, 1.82) is 0 Å². The van der Waals surface area contributed by atoms with Crippen LogP contribution in [0.25, 0.3) is 0 Å². The summed E-state index contributed by atoms with van der Waals surface area (Å²) < 4.78 is 0.879. The molecule has 0 bridgehead atoms. The van der Waals surface area contributed by atoms with Gasteiger partial charge in [0, 0.05) is 19.2 Å². The number of hydrogen-bond donors (Lipinski definition) is 0. The van der Waals surface area contributed by atoms with E-state index in [0.717, 1.165) is 36.2 Å². The Morgan fingerprint density at radius 2 is 1.91 bits per heavy atom. The van der Waals surface area contributed by atoms with Crippen molar-refractivity contribution in [2.75, 3.05) is 13.6 Å². The van der Waals surface area contributed by atoms with Crippen LogP contribution >= 0.6 is 15.9 Å². The van der Waals surface area contributed by atoms with Crippen LogP contribution in [0.5, 0.6) is 0 Å². The summed E-state index contributed by atoms with van der Waals surface area (Å²) in [5, 5.41) is 0. The number of allylic oxidation sites excluding steroid dienone is 5. The second-order valence-corrected chi connectivity index (χ2v) is 5.85. The van der Waals surface area contributed by atoms with E-state index in [9.17, 15) is 0 Å². The van der Waals surface area contributed by atoms with Crippen molar-refractivity contribution in [2.24, 2.45) is 4.99 Å². The van der Waals surface area contributed by atoms with Crippen LogP contribution in [-0.2, 0) is 0 Å². The largest absolute Gasteiger partial charge is 0.359 e. The Kier molecular flexibility index (Phi) is 11.8. The first-order chi connectivity index (χ1) is 11.1. The van der Waals surface area contributed by atoms with E-state index in [1.807, 2.05) is 26.8 Å². The molecule has 0 fully saturated rings. The Bertz CT molecular complexity index is 508. The third-order valence-electron chi connectivity index (χ3n) is 3.73. The molecular formula is C20H33BrN2. The lowest BCUT2D eigenvalue weighted by atomic mass is 9.95. The molecule has 0 heterocycles. The molecule has 0 aromatic carbocycles. The monoisotopic (exact) mass is 380 g/mol. The molecule has 0 aromatic heterocycles. The van der Waals surface area contributed by atoms with Crippen molar-refractivity contribution < 1.29 is 0 Å². The number of likely N-dealkylation sites (N-methyl/N-ethyl adjacent to an activating group) is 1. The lowest BCUT2D eigenvalue weighted by Crippen LogP contribution is -2.29. The molecule has 1 aliphatic rings. The third-order valence-corrected chi connectivity index (χ3v) is 4.37. The number of amidine groups is 1. The predicted octanol–water partition coefficient (Wildman–Crippen LogP) is 6.62. The molecule has 0 N–H and O–H groups in total. The van der Waals surface area contributed by atoms with Gasteiger partial charge in [0.1, 0.15) is 10.4 Å². The summed E-state index contributed by atoms with van der Waals surface area (Å²) in [5.74, 6) is 1.05. The van der Waals surface area contributed by atoms with Gasteiger partial charge in [0.15, 0.2) is 0 Å². The van der Waals surface area contributed by atoms with Crippen molar-refractivity contribution in [2.45, 2.75) is 60.8 Å². The molecule has 0 amide bonds. The fourth-order valence-corrected chi connectivity index (χ4v) is 2.53. The Labute approximate surface area is 151 Å². The molecule has 0 radical (unpaired) electrons. The maximum absolute atomic E-state index is 4.82. The van der Waals surface area contributed by atoms with E-state index in [0.29, 0.717) is 0 Å². The van der Waals surface area contributed by atoms with Gasteiger partial charge in [-0.1, -0.05) is 52.0 Å². The minimum absolute atomic E-state index is 0.879. The molecule has 0 saturated carbocycles. The highest BCUT2D eigenvalue weighted by atomic mass is 79.9. The van der Waals surface area contributed by atoms with Gasteiger partial charge in [-0.2, -0.15) is 0 Å². The van der Waals surface area contributed by atoms with Gasteiger partial charge < -0.3 is 4.90 Å². The number of halogens is 1. The lowest BCUT2D eigenvalue weighted by Gasteiger charge is -2.25. The van der Waals surface area contributed by atoms with Crippen LogP contribution in [0.2, 0.25) is 0 Å². The summed E-state index contributed by atoms with van der Waals surface area (Å²) in [7, 11) is 2.11. The molecule has 0 aliphatic heterocycles. The van der Waals surface area contributed by atoms with Crippen LogP contribution in [0.15, 0.2) is 50.6 Å². The van der Waals surface area contributed by atoms with Crippen molar-refractivity contribution in [3.63, 3.8) is 0 Å². The molecule has 3 heteroatoms. The summed E-state index contributed by atoms with van der Waals surface area (Å²) in [4.78, 5) is 7.04. The maximum Gasteiger partial charge on any atom is 0.137 e. The second-order valence-electron chi connectivity index (χ2n) is 5.04. The molecule has 0 spiro atoms. The zero-order valence-electron chi connectivity index (χ0n) is 15.9. The van der Waals surface area contributed by atoms with E-state index in [1.165, 1.54) is 16.7 Å². The highest BCUT2D eigenvalue weighted by Gasteiger charge is 2.19. The summed E-state index contributed by atoms with van der Waals surface area (Å²) in [6.45, 7) is 13.5. The van der Waals surface area contributed by atoms with Crippen molar-refractivity contribution >= 4 is 21.8 Å². The zero-order chi connectivity index (χ0) is 17.8. The van der Waals surface area contributed by atoms with E-state index >= 15 is 0 Å². The van der Waals surface area contributed by atoms with Crippen LogP contribution in [0.4, 0.5) is 0 Å². The molecule has 130 valence electrons. The van der Waals surface area contributed by atoms with Crippen LogP contribution in [0.3, 0.4) is 0 Å². The van der Waals surface area contributed by atoms with Gasteiger partial charge in [-0.05, 0) is 60.2 Å². The highest BCUT2D eigenvalue weighted by molar-refractivity contribution is 9.11. The lowest BCUT2D eigenvalue weighted by molar-refractivity contribution is 0.535. The first kappa shape index (κ1) is 21.9. The smallest absolute Gasteiger partial charge is 0.137 e. The van der Waals surface area contributed by atoms with Gasteiger partial charge in [-0.25, -0.2) is 4.99 Å². The maximum atomic E-state index is 4.82. The Hall–Kier alpha value is -1.09. The molecule has 0 atom stereocenters. The summed E-state index contributed by atoms with van der Waals surface area (Å²) >= 11 is 3.53. The first-order valence-corrected chi connectivity index (χ1v) is 9.59. The van der Waals surface area contributed by atoms with Gasteiger partial charge in [0.2, 0.25) is 0 Å². The standard InChI is InChI=1S/C18H27BrN2.C2H6/c1-6-14-12-10-11-13-15(7-2)17(14)18(21(5)9-4)20-16(19)8-3;1-2/h8,10,12-13H,6-7,9,11H2,1-5H3;1-2H3/b16-8+,20-18-;. The van der Waals surface area contributed by atoms with Crippen LogP contribution in [0.1, 0.15) is 60.8 Å². The minimum atomic E-state index is 0.879. The molecule has 0 unspecified atom stereocenters. The second kappa shape index (κ2) is 12.3. The zero-order valence-corrected chi connectivity index (χ0v) is 17.5. The summed E-state index contributed by atoms with van der Waals surface area (Å²) in [6, 6.07) is 0. The number of rotatable bonds is 5. The van der Waals surface area contributed by atoms with Crippen molar-refractivity contribution in [3.05, 3.63) is 45.6 Å². The number of aliphatic imine (C=N–C) groups is 1. The van der Waals surface area contributed by atoms with E-state index in [-0.39, 0.29) is 0 Å². The predicted molar refractivity (Wildman–Crippen MR) is 109 cm³/mol. The van der Waals surface area contributed by atoms with E-state index < -0.39 is 0 Å². The number of hydrogen-bond acceptors (Lipinski definition) is 1.